The molecule has 0 saturated carbocycles. The summed E-state index contributed by atoms with van der Waals surface area (Å²) in [4.78, 5) is 31.3. The first-order valence-corrected chi connectivity index (χ1v) is 11.4. The molecule has 7 heteroatoms. The molecule has 1 aromatic heterocycles. The van der Waals surface area contributed by atoms with Crippen molar-refractivity contribution >= 4 is 41.1 Å². The molecular formula is C25H21ClN2O3S. The lowest BCUT2D eigenvalue weighted by Crippen LogP contribution is -2.38. The molecule has 2 heterocycles. The number of nitrogens with zero attached hydrogens (tertiary/aromatic N) is 2. The number of halogens is 1. The summed E-state index contributed by atoms with van der Waals surface area (Å²) < 4.78 is 7.37. The lowest BCUT2D eigenvalue weighted by molar-refractivity contribution is -0.139. The number of carbonyl (C=O) groups excluding carboxylic acids is 1. The lowest BCUT2D eigenvalue weighted by Gasteiger charge is -2.21. The van der Waals surface area contributed by atoms with Gasteiger partial charge < -0.3 is 4.74 Å². The largest absolute Gasteiger partial charge is 0.463 e. The molecule has 0 N–H and O–H groups in total. The summed E-state index contributed by atoms with van der Waals surface area (Å²) in [7, 11) is 0. The van der Waals surface area contributed by atoms with Crippen molar-refractivity contribution in [1.29, 1.82) is 0 Å². The van der Waals surface area contributed by atoms with Crippen molar-refractivity contribution in [2.45, 2.75) is 19.9 Å². The summed E-state index contributed by atoms with van der Waals surface area (Å²) >= 11 is 7.26. The molecule has 0 aliphatic carbocycles. The van der Waals surface area contributed by atoms with E-state index in [1.807, 2.05) is 60.7 Å². The highest BCUT2D eigenvalue weighted by Crippen LogP contribution is 2.26. The summed E-state index contributed by atoms with van der Waals surface area (Å²) in [6.07, 6.45) is 5.56. The van der Waals surface area contributed by atoms with E-state index in [9.17, 15) is 9.59 Å². The molecule has 0 saturated heterocycles. The zero-order valence-corrected chi connectivity index (χ0v) is 19.2. The fraction of sp³-hybridized carbons (Fsp3) is 0.160. The van der Waals surface area contributed by atoms with Crippen molar-refractivity contribution in [1.82, 2.24) is 4.57 Å². The molecule has 1 aliphatic rings. The Morgan fingerprint density at radius 2 is 1.88 bits per heavy atom. The Balaban J connectivity index is 1.87. The minimum Gasteiger partial charge on any atom is -0.463 e. The molecule has 0 radical (unpaired) electrons. The van der Waals surface area contributed by atoms with Crippen LogP contribution in [-0.4, -0.2) is 17.1 Å². The maximum absolute atomic E-state index is 13.4. The van der Waals surface area contributed by atoms with Gasteiger partial charge in [-0.15, -0.1) is 0 Å². The second-order valence-electron chi connectivity index (χ2n) is 7.17. The molecule has 5 nitrogen and oxygen atoms in total. The van der Waals surface area contributed by atoms with Gasteiger partial charge in [0.2, 0.25) is 0 Å². The van der Waals surface area contributed by atoms with E-state index in [0.29, 0.717) is 25.6 Å². The first kappa shape index (κ1) is 22.0. The van der Waals surface area contributed by atoms with Crippen LogP contribution in [0.25, 0.3) is 12.2 Å². The number of hydrogen-bond acceptors (Lipinski definition) is 5. The normalized spacial score (nSPS) is 16.2. The van der Waals surface area contributed by atoms with Crippen LogP contribution in [0, 0.1) is 0 Å². The highest BCUT2D eigenvalue weighted by atomic mass is 35.5. The Morgan fingerprint density at radius 1 is 1.16 bits per heavy atom. The minimum absolute atomic E-state index is 0.208. The molecule has 0 unspecified atom stereocenters. The van der Waals surface area contributed by atoms with Gasteiger partial charge in [-0.25, -0.2) is 9.79 Å². The topological polar surface area (TPSA) is 60.7 Å². The average molecular weight is 465 g/mol. The molecular weight excluding hydrogens is 444 g/mol. The Labute approximate surface area is 194 Å². The fourth-order valence-electron chi connectivity index (χ4n) is 3.49. The Bertz CT molecular complexity index is 1380. The SMILES string of the molecule is CCOC(=O)C1=C(C)N=c2sc(=Cc3ccc(Cl)cc3)c(=O)n2[C@H]1/C=C\c1ccccc1. The number of esters is 1. The van der Waals surface area contributed by atoms with Crippen molar-refractivity contribution in [3.63, 3.8) is 0 Å². The molecule has 0 fully saturated rings. The number of benzene rings is 2. The number of fused-ring (bicyclic) bond motifs is 1. The standard InChI is InChI=1S/C25H21ClN2O3S/c1-3-31-24(30)22-16(2)27-25-28(20(22)14-11-17-7-5-4-6-8-17)23(29)21(32-25)15-18-9-12-19(26)13-10-18/h4-15,20H,3H2,1-2H3/b14-11-,21-15?/t20-/m0/s1. The van der Waals surface area contributed by atoms with Crippen LogP contribution in [0.3, 0.4) is 0 Å². The molecule has 3 aromatic rings. The van der Waals surface area contributed by atoms with Crippen LogP contribution in [0.4, 0.5) is 0 Å². The molecule has 2 aromatic carbocycles. The van der Waals surface area contributed by atoms with E-state index in [-0.39, 0.29) is 12.2 Å². The van der Waals surface area contributed by atoms with Gasteiger partial charge in [0, 0.05) is 5.02 Å². The highest BCUT2D eigenvalue weighted by Gasteiger charge is 2.30. The van der Waals surface area contributed by atoms with Crippen LogP contribution in [-0.2, 0) is 9.53 Å². The predicted octanol–water partition coefficient (Wildman–Crippen LogP) is 4.12. The molecule has 1 aliphatic heterocycles. The second kappa shape index (κ2) is 9.51. The van der Waals surface area contributed by atoms with Gasteiger partial charge in [-0.3, -0.25) is 9.36 Å². The van der Waals surface area contributed by atoms with E-state index in [2.05, 4.69) is 4.99 Å². The maximum Gasteiger partial charge on any atom is 0.338 e. The predicted molar refractivity (Wildman–Crippen MR) is 128 cm³/mol. The molecule has 1 atom stereocenters. The van der Waals surface area contributed by atoms with Gasteiger partial charge in [-0.2, -0.15) is 0 Å². The Hall–Kier alpha value is -3.22. The molecule has 4 rings (SSSR count). The van der Waals surface area contributed by atoms with Gasteiger partial charge >= 0.3 is 5.97 Å². The zero-order chi connectivity index (χ0) is 22.7. The smallest absolute Gasteiger partial charge is 0.338 e. The molecule has 0 bridgehead atoms. The average Bonchev–Trinajstić information content (AvgIpc) is 3.09. The van der Waals surface area contributed by atoms with Crippen molar-refractivity contribution in [3.05, 3.63) is 108 Å². The summed E-state index contributed by atoms with van der Waals surface area (Å²) in [5.41, 5.74) is 2.53. The quantitative estimate of drug-likeness (QED) is 0.534. The van der Waals surface area contributed by atoms with Crippen LogP contribution in [0.15, 0.2) is 81.7 Å². The van der Waals surface area contributed by atoms with Crippen LogP contribution in [0.5, 0.6) is 0 Å². The molecule has 162 valence electrons. The number of rotatable bonds is 5. The number of carbonyl (C=O) groups is 1. The first-order chi connectivity index (χ1) is 15.5. The van der Waals surface area contributed by atoms with E-state index < -0.39 is 12.0 Å². The highest BCUT2D eigenvalue weighted by molar-refractivity contribution is 7.07. The third-order valence-electron chi connectivity index (χ3n) is 5.00. The van der Waals surface area contributed by atoms with Gasteiger partial charge in [0.25, 0.3) is 5.56 Å². The second-order valence-corrected chi connectivity index (χ2v) is 8.61. The van der Waals surface area contributed by atoms with E-state index in [1.165, 1.54) is 11.3 Å². The van der Waals surface area contributed by atoms with E-state index >= 15 is 0 Å². The molecule has 32 heavy (non-hydrogen) atoms. The molecule has 0 spiro atoms. The summed E-state index contributed by atoms with van der Waals surface area (Å²) in [6, 6.07) is 16.4. The Kier molecular flexibility index (Phi) is 6.53. The maximum atomic E-state index is 13.4. The molecule has 0 amide bonds. The van der Waals surface area contributed by atoms with Gasteiger partial charge in [0.05, 0.1) is 28.5 Å². The van der Waals surface area contributed by atoms with Gasteiger partial charge in [-0.1, -0.05) is 77.6 Å². The van der Waals surface area contributed by atoms with Crippen LogP contribution in [0.2, 0.25) is 5.02 Å². The van der Waals surface area contributed by atoms with Crippen molar-refractivity contribution in [3.8, 4) is 0 Å². The summed E-state index contributed by atoms with van der Waals surface area (Å²) in [6.45, 7) is 3.77. The van der Waals surface area contributed by atoms with Gasteiger partial charge in [0.1, 0.15) is 0 Å². The van der Waals surface area contributed by atoms with Crippen LogP contribution < -0.4 is 14.9 Å². The number of allylic oxidation sites excluding steroid dienone is 2. The van der Waals surface area contributed by atoms with Crippen LogP contribution in [0.1, 0.15) is 31.0 Å². The minimum atomic E-state index is -0.613. The van der Waals surface area contributed by atoms with Crippen molar-refractivity contribution in [2.75, 3.05) is 6.61 Å². The Morgan fingerprint density at radius 3 is 2.56 bits per heavy atom. The van der Waals surface area contributed by atoms with Crippen LogP contribution >= 0.6 is 22.9 Å². The first-order valence-electron chi connectivity index (χ1n) is 10.2. The zero-order valence-electron chi connectivity index (χ0n) is 17.6. The van der Waals surface area contributed by atoms with Crippen molar-refractivity contribution < 1.29 is 9.53 Å². The number of aromatic nitrogens is 1. The third-order valence-corrected chi connectivity index (χ3v) is 6.23. The number of thiazole rings is 1. The fourth-order valence-corrected chi connectivity index (χ4v) is 4.67. The summed E-state index contributed by atoms with van der Waals surface area (Å²) in [5, 5.41) is 0.629. The van der Waals surface area contributed by atoms with E-state index in [1.54, 1.807) is 30.5 Å². The number of hydrogen-bond donors (Lipinski definition) is 0. The van der Waals surface area contributed by atoms with Gasteiger partial charge in [-0.05, 0) is 43.2 Å². The van der Waals surface area contributed by atoms with Gasteiger partial charge in [0.15, 0.2) is 4.80 Å². The lowest BCUT2D eigenvalue weighted by atomic mass is 10.0. The van der Waals surface area contributed by atoms with Crippen molar-refractivity contribution in [2.24, 2.45) is 4.99 Å². The third kappa shape index (κ3) is 4.52. The number of ether oxygens (including phenoxy) is 1. The van der Waals surface area contributed by atoms with E-state index in [4.69, 9.17) is 16.3 Å². The monoisotopic (exact) mass is 464 g/mol. The summed E-state index contributed by atoms with van der Waals surface area (Å²) in [5.74, 6) is -0.469. The van der Waals surface area contributed by atoms with E-state index in [0.717, 1.165) is 11.1 Å².